The molecule has 162 valence electrons. The van der Waals surface area contributed by atoms with Crippen LogP contribution < -0.4 is 10.2 Å². The van der Waals surface area contributed by atoms with Crippen molar-refractivity contribution >= 4 is 34.9 Å². The van der Waals surface area contributed by atoms with Crippen molar-refractivity contribution in [3.05, 3.63) is 29.3 Å². The third-order valence-corrected chi connectivity index (χ3v) is 7.26. The van der Waals surface area contributed by atoms with Gasteiger partial charge < -0.3 is 15.1 Å². The smallest absolute Gasteiger partial charge is 0.228 e. The van der Waals surface area contributed by atoms with Crippen molar-refractivity contribution in [2.45, 2.75) is 56.9 Å². The molecule has 1 aromatic rings. The maximum atomic E-state index is 12.9. The maximum Gasteiger partial charge on any atom is 0.228 e. The van der Waals surface area contributed by atoms with E-state index in [1.54, 1.807) is 0 Å². The Morgan fingerprint density at radius 1 is 1.10 bits per heavy atom. The third-order valence-electron chi connectivity index (χ3n) is 7.02. The lowest BCUT2D eigenvalue weighted by atomic mass is 9.71. The van der Waals surface area contributed by atoms with Crippen LogP contribution in [-0.4, -0.2) is 54.2 Å². The first-order valence-electron chi connectivity index (χ1n) is 11.1. The number of piperazine rings is 1. The van der Waals surface area contributed by atoms with Gasteiger partial charge in [-0.25, -0.2) is 0 Å². The molecule has 1 saturated carbocycles. The van der Waals surface area contributed by atoms with Crippen molar-refractivity contribution in [3.63, 3.8) is 0 Å². The number of halogens is 1. The van der Waals surface area contributed by atoms with Crippen LogP contribution in [0.3, 0.4) is 0 Å². The number of anilines is 1. The van der Waals surface area contributed by atoms with Crippen LogP contribution in [0.4, 0.5) is 5.69 Å². The van der Waals surface area contributed by atoms with Crippen LogP contribution >= 0.6 is 11.6 Å². The minimum Gasteiger partial charge on any atom is -0.368 e. The number of hydrogen-bond donors (Lipinski definition) is 1. The first kappa shape index (κ1) is 21.2. The monoisotopic (exact) mass is 431 g/mol. The standard InChI is InChI=1S/C23H30ClN3O3/c24-18-7-4-8-19(15-18)26-11-13-27(14-12-26)22(30)9-10-23(17-5-2-1-3-6-17)20(28)16-21(29)25-23/h4,7-8,15,17H,1-3,5-6,9-14,16H2,(H,25,29). The lowest BCUT2D eigenvalue weighted by Crippen LogP contribution is -2.54. The van der Waals surface area contributed by atoms with Crippen molar-refractivity contribution in [3.8, 4) is 0 Å². The first-order valence-corrected chi connectivity index (χ1v) is 11.5. The Hall–Kier alpha value is -2.08. The molecule has 1 atom stereocenters. The summed E-state index contributed by atoms with van der Waals surface area (Å²) in [5.41, 5.74) is 0.251. The molecule has 3 fully saturated rings. The molecule has 1 N–H and O–H groups in total. The summed E-state index contributed by atoms with van der Waals surface area (Å²) in [5, 5.41) is 3.71. The lowest BCUT2D eigenvalue weighted by Gasteiger charge is -2.39. The molecule has 0 spiro atoms. The van der Waals surface area contributed by atoms with E-state index in [4.69, 9.17) is 11.6 Å². The van der Waals surface area contributed by atoms with Crippen LogP contribution in [0.1, 0.15) is 51.4 Å². The number of hydrogen-bond acceptors (Lipinski definition) is 4. The summed E-state index contributed by atoms with van der Waals surface area (Å²) in [5.74, 6) is 0.0358. The number of carbonyl (C=O) groups excluding carboxylic acids is 3. The van der Waals surface area contributed by atoms with Crippen LogP contribution in [0.2, 0.25) is 5.02 Å². The van der Waals surface area contributed by atoms with Gasteiger partial charge in [0, 0.05) is 43.3 Å². The van der Waals surface area contributed by atoms with Crippen molar-refractivity contribution in [1.82, 2.24) is 10.2 Å². The van der Waals surface area contributed by atoms with E-state index in [2.05, 4.69) is 10.2 Å². The topological polar surface area (TPSA) is 69.7 Å². The predicted molar refractivity (Wildman–Crippen MR) is 117 cm³/mol. The Morgan fingerprint density at radius 2 is 1.83 bits per heavy atom. The highest BCUT2D eigenvalue weighted by Gasteiger charge is 2.51. The van der Waals surface area contributed by atoms with Gasteiger partial charge >= 0.3 is 0 Å². The van der Waals surface area contributed by atoms with Crippen molar-refractivity contribution in [2.24, 2.45) is 5.92 Å². The Kier molecular flexibility index (Phi) is 6.32. The zero-order valence-electron chi connectivity index (χ0n) is 17.4. The zero-order valence-corrected chi connectivity index (χ0v) is 18.1. The van der Waals surface area contributed by atoms with E-state index in [0.29, 0.717) is 31.0 Å². The molecule has 2 heterocycles. The quantitative estimate of drug-likeness (QED) is 0.727. The van der Waals surface area contributed by atoms with Gasteiger partial charge in [0.15, 0.2) is 5.78 Å². The van der Waals surface area contributed by atoms with E-state index in [-0.39, 0.29) is 29.9 Å². The van der Waals surface area contributed by atoms with Crippen LogP contribution in [-0.2, 0) is 14.4 Å². The SMILES string of the molecule is O=C1CC(=O)C(CCC(=O)N2CCN(c3cccc(Cl)c3)CC2)(C2CCCCC2)N1. The van der Waals surface area contributed by atoms with Crippen molar-refractivity contribution in [2.75, 3.05) is 31.1 Å². The summed E-state index contributed by atoms with van der Waals surface area (Å²) in [6.07, 6.45) is 5.98. The van der Waals surface area contributed by atoms with Gasteiger partial charge in [0.2, 0.25) is 11.8 Å². The fourth-order valence-corrected chi connectivity index (χ4v) is 5.53. The summed E-state index contributed by atoms with van der Waals surface area (Å²) in [4.78, 5) is 41.9. The molecule has 4 rings (SSSR count). The van der Waals surface area contributed by atoms with Crippen molar-refractivity contribution < 1.29 is 14.4 Å². The van der Waals surface area contributed by atoms with Crippen molar-refractivity contribution in [1.29, 1.82) is 0 Å². The molecule has 1 aromatic carbocycles. The number of carbonyl (C=O) groups is 3. The molecule has 2 saturated heterocycles. The largest absolute Gasteiger partial charge is 0.368 e. The van der Waals surface area contributed by atoms with Gasteiger partial charge in [-0.2, -0.15) is 0 Å². The van der Waals surface area contributed by atoms with Crippen LogP contribution in [0.25, 0.3) is 0 Å². The summed E-state index contributed by atoms with van der Waals surface area (Å²) in [6, 6.07) is 7.77. The Balaban J connectivity index is 1.35. The highest BCUT2D eigenvalue weighted by molar-refractivity contribution is 6.30. The van der Waals surface area contributed by atoms with Gasteiger partial charge in [0.1, 0.15) is 5.54 Å². The molecule has 7 heteroatoms. The number of amides is 2. The summed E-state index contributed by atoms with van der Waals surface area (Å²) in [7, 11) is 0. The Morgan fingerprint density at radius 3 is 2.47 bits per heavy atom. The van der Waals surface area contributed by atoms with Gasteiger partial charge in [0.25, 0.3) is 0 Å². The van der Waals surface area contributed by atoms with E-state index in [0.717, 1.165) is 44.5 Å². The number of nitrogens with zero attached hydrogens (tertiary/aromatic N) is 2. The summed E-state index contributed by atoms with van der Waals surface area (Å²) >= 11 is 6.10. The lowest BCUT2D eigenvalue weighted by molar-refractivity contribution is -0.133. The Bertz CT molecular complexity index is 816. The van der Waals surface area contributed by atoms with Crippen LogP contribution in [0, 0.1) is 5.92 Å². The minimum absolute atomic E-state index is 0.0158. The molecule has 3 aliphatic rings. The van der Waals surface area contributed by atoms with Gasteiger partial charge in [-0.15, -0.1) is 0 Å². The molecule has 2 amide bonds. The summed E-state index contributed by atoms with van der Waals surface area (Å²) < 4.78 is 0. The number of rotatable bonds is 5. The second-order valence-corrected chi connectivity index (χ2v) is 9.24. The molecule has 6 nitrogen and oxygen atoms in total. The predicted octanol–water partition coefficient (Wildman–Crippen LogP) is 3.18. The number of nitrogens with one attached hydrogen (secondary N) is 1. The normalized spacial score (nSPS) is 25.5. The van der Waals surface area contributed by atoms with Gasteiger partial charge in [-0.3, -0.25) is 14.4 Å². The van der Waals surface area contributed by atoms with E-state index in [1.807, 2.05) is 29.2 Å². The highest BCUT2D eigenvalue weighted by atomic mass is 35.5. The molecule has 2 aliphatic heterocycles. The molecule has 0 radical (unpaired) electrons. The summed E-state index contributed by atoms with van der Waals surface area (Å²) in [6.45, 7) is 2.83. The van der Waals surface area contributed by atoms with Crippen LogP contribution in [0.15, 0.2) is 24.3 Å². The number of ketones is 1. The molecular weight excluding hydrogens is 402 g/mol. The fourth-order valence-electron chi connectivity index (χ4n) is 5.35. The van der Waals surface area contributed by atoms with E-state index in [1.165, 1.54) is 6.42 Å². The van der Waals surface area contributed by atoms with Gasteiger partial charge in [0.05, 0.1) is 6.42 Å². The number of Topliss-reactive ketones (excluding diaryl/α,β-unsaturated/α-hetero) is 1. The van der Waals surface area contributed by atoms with E-state index >= 15 is 0 Å². The average molecular weight is 432 g/mol. The molecular formula is C23H30ClN3O3. The highest BCUT2D eigenvalue weighted by Crippen LogP contribution is 2.39. The maximum absolute atomic E-state index is 12.9. The average Bonchev–Trinajstić information content (AvgIpc) is 3.06. The third kappa shape index (κ3) is 4.34. The second kappa shape index (κ2) is 8.96. The molecule has 1 unspecified atom stereocenters. The molecule has 1 aliphatic carbocycles. The molecule has 0 bridgehead atoms. The van der Waals surface area contributed by atoms with Crippen LogP contribution in [0.5, 0.6) is 0 Å². The first-order chi connectivity index (χ1) is 14.5. The molecule has 30 heavy (non-hydrogen) atoms. The molecule has 0 aromatic heterocycles. The van der Waals surface area contributed by atoms with Gasteiger partial charge in [-0.1, -0.05) is 36.9 Å². The fraction of sp³-hybridized carbons (Fsp3) is 0.609. The van der Waals surface area contributed by atoms with E-state index in [9.17, 15) is 14.4 Å². The van der Waals surface area contributed by atoms with Gasteiger partial charge in [-0.05, 0) is 43.4 Å². The zero-order chi connectivity index (χ0) is 21.1. The van der Waals surface area contributed by atoms with E-state index < -0.39 is 5.54 Å². The minimum atomic E-state index is -0.824. The Labute approximate surface area is 182 Å². The number of benzene rings is 1. The second-order valence-electron chi connectivity index (χ2n) is 8.80.